The van der Waals surface area contributed by atoms with E-state index in [4.69, 9.17) is 16.4 Å². The van der Waals surface area contributed by atoms with Crippen molar-refractivity contribution in [1.29, 1.82) is 0 Å². The molecule has 5 atom stereocenters. The molecule has 0 aromatic carbocycles. The Morgan fingerprint density at radius 1 is 1.18 bits per heavy atom. The molecular weight excluding hydrogens is 302 g/mol. The molecule has 3 fully saturated rings. The summed E-state index contributed by atoms with van der Waals surface area (Å²) in [6, 6.07) is 0.528. The molecule has 7 heteroatoms. The van der Waals surface area contributed by atoms with Gasteiger partial charge in [0.1, 0.15) is 6.23 Å². The van der Waals surface area contributed by atoms with Gasteiger partial charge in [-0.05, 0) is 51.4 Å². The first-order valence-corrected chi connectivity index (χ1v) is 9.09. The van der Waals surface area contributed by atoms with E-state index >= 15 is 0 Å². The topological polar surface area (TPSA) is 69.4 Å². The van der Waals surface area contributed by atoms with Crippen LogP contribution in [0.25, 0.3) is 0 Å². The third-order valence-electron chi connectivity index (χ3n) is 5.36. The van der Waals surface area contributed by atoms with Gasteiger partial charge < -0.3 is 0 Å². The number of alkyl halides is 1. The van der Waals surface area contributed by atoms with Crippen LogP contribution >= 0.6 is 11.6 Å². The Hall–Kier alpha value is 0.0500. The second kappa shape index (κ2) is 7.75. The van der Waals surface area contributed by atoms with Crippen LogP contribution in [0.1, 0.15) is 46.0 Å². The minimum absolute atomic E-state index is 0.0724. The van der Waals surface area contributed by atoms with Gasteiger partial charge >= 0.3 is 0 Å². The first-order chi connectivity index (χ1) is 10.6. The molecule has 0 radical (unpaired) electrons. The molecule has 1 saturated carbocycles. The Morgan fingerprint density at radius 3 is 2.59 bits per heavy atom. The van der Waals surface area contributed by atoms with E-state index in [1.165, 1.54) is 25.7 Å². The zero-order valence-electron chi connectivity index (χ0n) is 13.6. The third kappa shape index (κ3) is 4.32. The second-order valence-corrected chi connectivity index (χ2v) is 7.52. The van der Waals surface area contributed by atoms with Crippen molar-refractivity contribution in [3.05, 3.63) is 0 Å². The molecule has 0 aromatic rings. The van der Waals surface area contributed by atoms with Crippen molar-refractivity contribution < 1.29 is 4.84 Å². The summed E-state index contributed by atoms with van der Waals surface area (Å²) in [4.78, 5) is 5.40. The molecule has 0 aromatic heterocycles. The minimum Gasteiger partial charge on any atom is -0.299 e. The van der Waals surface area contributed by atoms with Gasteiger partial charge in [-0.1, -0.05) is 0 Å². The van der Waals surface area contributed by atoms with Gasteiger partial charge in [0.25, 0.3) is 0 Å². The molecule has 1 aliphatic carbocycles. The molecule has 0 amide bonds. The van der Waals surface area contributed by atoms with Gasteiger partial charge in [-0.3, -0.25) is 26.1 Å². The van der Waals surface area contributed by atoms with Crippen LogP contribution in [0.15, 0.2) is 0 Å². The van der Waals surface area contributed by atoms with Crippen LogP contribution < -0.4 is 26.7 Å². The standard InChI is InChI=1S/C15H30ClN5O/c1-9(19-14-7-13(16)17-8-18-14)11-3-5-12(6-4-11)15-20-10(2)22-21-15/h9-15,17-21H,3-8H2,1-2H3. The van der Waals surface area contributed by atoms with Crippen molar-refractivity contribution in [2.75, 3.05) is 6.67 Å². The van der Waals surface area contributed by atoms with E-state index in [1.54, 1.807) is 0 Å². The molecule has 3 aliphatic rings. The van der Waals surface area contributed by atoms with Crippen molar-refractivity contribution in [2.45, 2.75) is 76.1 Å². The van der Waals surface area contributed by atoms with Crippen molar-refractivity contribution >= 4 is 11.6 Å². The van der Waals surface area contributed by atoms with Gasteiger partial charge in [-0.2, -0.15) is 5.48 Å². The van der Waals surface area contributed by atoms with Gasteiger partial charge in [0.15, 0.2) is 0 Å². The average Bonchev–Trinajstić information content (AvgIpc) is 2.94. The third-order valence-corrected chi connectivity index (χ3v) is 5.69. The summed E-state index contributed by atoms with van der Waals surface area (Å²) in [5.41, 5.74) is 3.20. The first-order valence-electron chi connectivity index (χ1n) is 8.66. The van der Waals surface area contributed by atoms with Crippen LogP contribution in [0.5, 0.6) is 0 Å². The van der Waals surface area contributed by atoms with Gasteiger partial charge in [0.05, 0.1) is 17.8 Å². The molecule has 6 nitrogen and oxygen atoms in total. The lowest BCUT2D eigenvalue weighted by Crippen LogP contribution is -2.57. The van der Waals surface area contributed by atoms with E-state index < -0.39 is 0 Å². The summed E-state index contributed by atoms with van der Waals surface area (Å²) >= 11 is 6.17. The van der Waals surface area contributed by atoms with E-state index in [0.717, 1.165) is 19.0 Å². The average molecular weight is 332 g/mol. The fraction of sp³-hybridized carbons (Fsp3) is 1.00. The molecule has 22 heavy (non-hydrogen) atoms. The Labute approximate surface area is 138 Å². The molecule has 0 spiro atoms. The van der Waals surface area contributed by atoms with Crippen LogP contribution in [0.4, 0.5) is 0 Å². The van der Waals surface area contributed by atoms with Crippen LogP contribution in [-0.2, 0) is 4.84 Å². The highest BCUT2D eigenvalue weighted by atomic mass is 35.5. The van der Waals surface area contributed by atoms with Gasteiger partial charge in [-0.25, -0.2) is 0 Å². The van der Waals surface area contributed by atoms with E-state index in [1.807, 2.05) is 6.92 Å². The maximum atomic E-state index is 6.17. The fourth-order valence-corrected chi connectivity index (χ4v) is 4.21. The van der Waals surface area contributed by atoms with Crippen LogP contribution in [0.3, 0.4) is 0 Å². The van der Waals surface area contributed by atoms with E-state index in [2.05, 4.69) is 33.7 Å². The number of hydrogen-bond acceptors (Lipinski definition) is 6. The summed E-state index contributed by atoms with van der Waals surface area (Å²) < 4.78 is 0. The highest BCUT2D eigenvalue weighted by Crippen LogP contribution is 2.33. The number of nitrogens with one attached hydrogen (secondary N) is 5. The summed E-state index contributed by atoms with van der Waals surface area (Å²) in [6.07, 6.45) is 6.77. The Bertz CT molecular complexity index is 353. The van der Waals surface area contributed by atoms with Gasteiger partial charge in [-0.15, -0.1) is 11.6 Å². The monoisotopic (exact) mass is 331 g/mol. The zero-order valence-corrected chi connectivity index (χ0v) is 14.3. The Morgan fingerprint density at radius 2 is 1.95 bits per heavy atom. The lowest BCUT2D eigenvalue weighted by atomic mass is 9.77. The molecule has 2 heterocycles. The van der Waals surface area contributed by atoms with Gasteiger partial charge in [0.2, 0.25) is 0 Å². The maximum Gasteiger partial charge on any atom is 0.128 e. The molecule has 128 valence electrons. The largest absolute Gasteiger partial charge is 0.299 e. The summed E-state index contributed by atoms with van der Waals surface area (Å²) in [5.74, 6) is 1.43. The number of rotatable bonds is 4. The van der Waals surface area contributed by atoms with Crippen molar-refractivity contribution in [3.63, 3.8) is 0 Å². The molecule has 2 saturated heterocycles. The van der Waals surface area contributed by atoms with E-state index in [-0.39, 0.29) is 11.7 Å². The lowest BCUT2D eigenvalue weighted by Gasteiger charge is -2.38. The van der Waals surface area contributed by atoms with E-state index in [9.17, 15) is 0 Å². The van der Waals surface area contributed by atoms with Crippen molar-refractivity contribution in [3.8, 4) is 0 Å². The summed E-state index contributed by atoms with van der Waals surface area (Å²) in [6.45, 7) is 5.14. The Kier molecular flexibility index (Phi) is 5.95. The van der Waals surface area contributed by atoms with E-state index in [0.29, 0.717) is 24.3 Å². The predicted octanol–water partition coefficient (Wildman–Crippen LogP) is 0.999. The molecule has 5 N–H and O–H groups in total. The molecular formula is C15H30ClN5O. The highest BCUT2D eigenvalue weighted by molar-refractivity contribution is 6.20. The molecule has 2 aliphatic heterocycles. The van der Waals surface area contributed by atoms with Crippen molar-refractivity contribution in [1.82, 2.24) is 26.7 Å². The van der Waals surface area contributed by atoms with Crippen LogP contribution in [-0.4, -0.2) is 36.8 Å². The predicted molar refractivity (Wildman–Crippen MR) is 87.8 cm³/mol. The zero-order chi connectivity index (χ0) is 15.5. The Balaban J connectivity index is 1.40. The molecule has 5 unspecified atom stereocenters. The SMILES string of the molecule is CC1NC(C2CCC(C(C)NC3CC(Cl)NCN3)CC2)NO1. The molecule has 3 rings (SSSR count). The number of halogens is 1. The number of hydroxylamine groups is 1. The van der Waals surface area contributed by atoms with Crippen LogP contribution in [0, 0.1) is 11.8 Å². The highest BCUT2D eigenvalue weighted by Gasteiger charge is 2.34. The minimum atomic E-state index is 0.0724. The normalized spacial score (nSPS) is 44.9. The first kappa shape index (κ1) is 16.9. The lowest BCUT2D eigenvalue weighted by molar-refractivity contribution is 0.0246. The summed E-state index contributed by atoms with van der Waals surface area (Å²) in [5, 5.41) is 13.8. The fourth-order valence-electron chi connectivity index (χ4n) is 3.95. The second-order valence-electron chi connectivity index (χ2n) is 6.99. The smallest absolute Gasteiger partial charge is 0.128 e. The maximum absolute atomic E-state index is 6.17. The quantitative estimate of drug-likeness (QED) is 0.391. The number of hydrogen-bond donors (Lipinski definition) is 5. The van der Waals surface area contributed by atoms with Crippen LogP contribution in [0.2, 0.25) is 0 Å². The van der Waals surface area contributed by atoms with Crippen molar-refractivity contribution in [2.24, 2.45) is 11.8 Å². The van der Waals surface area contributed by atoms with Gasteiger partial charge in [0, 0.05) is 19.1 Å². The summed E-state index contributed by atoms with van der Waals surface area (Å²) in [7, 11) is 0. The molecule has 0 bridgehead atoms.